The van der Waals surface area contributed by atoms with Gasteiger partial charge >= 0.3 is 11.9 Å². The van der Waals surface area contributed by atoms with Gasteiger partial charge in [-0.15, -0.1) is 0 Å². The van der Waals surface area contributed by atoms with E-state index in [2.05, 4.69) is 0 Å². The zero-order valence-electron chi connectivity index (χ0n) is 9.35. The van der Waals surface area contributed by atoms with E-state index in [1.165, 1.54) is 18.2 Å². The van der Waals surface area contributed by atoms with Crippen molar-refractivity contribution in [2.24, 2.45) is 5.92 Å². The van der Waals surface area contributed by atoms with Gasteiger partial charge in [0.25, 0.3) is 0 Å². The Bertz CT molecular complexity index is 428. The van der Waals surface area contributed by atoms with Gasteiger partial charge in [-0.2, -0.15) is 0 Å². The minimum absolute atomic E-state index is 0.122. The molecule has 0 aromatic heterocycles. The number of carbonyl (C=O) groups is 2. The number of hydrogen-bond acceptors (Lipinski definition) is 2. The van der Waals surface area contributed by atoms with Gasteiger partial charge in [-0.3, -0.25) is 0 Å². The first-order chi connectivity index (χ1) is 8.09. The molecule has 17 heavy (non-hydrogen) atoms. The lowest BCUT2D eigenvalue weighted by Crippen LogP contribution is -2.18. The van der Waals surface area contributed by atoms with Gasteiger partial charge in [-0.05, 0) is 30.0 Å². The molecule has 1 aromatic rings. The molecule has 0 bridgehead atoms. The third kappa shape index (κ3) is 2.30. The zero-order chi connectivity index (χ0) is 12.4. The number of aromatic carboxylic acids is 2. The van der Waals surface area contributed by atoms with Crippen LogP contribution in [0.1, 0.15) is 45.5 Å². The molecule has 0 amide bonds. The van der Waals surface area contributed by atoms with Crippen LogP contribution < -0.4 is 0 Å². The standard InChI is InChI=1S/C13H14O4/c14-12(15)9-5-2-6-10(13(16)17)11(9)7-8-3-1-4-8/h2,5-6,8H,1,3-4,7H2,(H,14,15)(H,16,17). The van der Waals surface area contributed by atoms with Crippen LogP contribution in [0, 0.1) is 5.92 Å². The van der Waals surface area contributed by atoms with Gasteiger partial charge in [0.15, 0.2) is 0 Å². The summed E-state index contributed by atoms with van der Waals surface area (Å²) in [6.07, 6.45) is 3.84. The maximum absolute atomic E-state index is 11.1. The highest BCUT2D eigenvalue weighted by Crippen LogP contribution is 2.32. The van der Waals surface area contributed by atoms with Crippen LogP contribution in [0.5, 0.6) is 0 Å². The molecule has 1 aliphatic carbocycles. The Kier molecular flexibility index (Phi) is 3.13. The normalized spacial score (nSPS) is 15.3. The van der Waals surface area contributed by atoms with E-state index in [-0.39, 0.29) is 11.1 Å². The first kappa shape index (κ1) is 11.6. The second-order valence-electron chi connectivity index (χ2n) is 4.44. The topological polar surface area (TPSA) is 74.6 Å². The monoisotopic (exact) mass is 234 g/mol. The highest BCUT2D eigenvalue weighted by molar-refractivity contribution is 5.96. The van der Waals surface area contributed by atoms with Gasteiger partial charge < -0.3 is 10.2 Å². The van der Waals surface area contributed by atoms with Crippen LogP contribution in [0.2, 0.25) is 0 Å². The van der Waals surface area contributed by atoms with Crippen molar-refractivity contribution >= 4 is 11.9 Å². The fraction of sp³-hybridized carbons (Fsp3) is 0.385. The molecule has 0 heterocycles. The van der Waals surface area contributed by atoms with Crippen molar-refractivity contribution in [1.29, 1.82) is 0 Å². The van der Waals surface area contributed by atoms with Crippen molar-refractivity contribution in [2.75, 3.05) is 0 Å². The molecule has 0 atom stereocenters. The smallest absolute Gasteiger partial charge is 0.335 e. The Morgan fingerprint density at radius 1 is 1.12 bits per heavy atom. The molecule has 4 nitrogen and oxygen atoms in total. The largest absolute Gasteiger partial charge is 0.478 e. The Balaban J connectivity index is 2.41. The second-order valence-corrected chi connectivity index (χ2v) is 4.44. The van der Waals surface area contributed by atoms with Gasteiger partial charge in [0.05, 0.1) is 11.1 Å². The Morgan fingerprint density at radius 3 is 2.00 bits per heavy atom. The van der Waals surface area contributed by atoms with Gasteiger partial charge in [0.1, 0.15) is 0 Å². The Labute approximate surface area is 98.9 Å². The summed E-state index contributed by atoms with van der Waals surface area (Å²) in [5.41, 5.74) is 0.714. The lowest BCUT2D eigenvalue weighted by atomic mass is 9.79. The molecule has 0 aliphatic heterocycles. The van der Waals surface area contributed by atoms with Gasteiger partial charge in [0.2, 0.25) is 0 Å². The lowest BCUT2D eigenvalue weighted by molar-refractivity contribution is 0.0694. The maximum atomic E-state index is 11.1. The van der Waals surface area contributed by atoms with E-state index in [1.807, 2.05) is 0 Å². The summed E-state index contributed by atoms with van der Waals surface area (Å²) in [6, 6.07) is 4.43. The van der Waals surface area contributed by atoms with E-state index in [9.17, 15) is 9.59 Å². The molecule has 0 unspecified atom stereocenters. The van der Waals surface area contributed by atoms with E-state index in [0.29, 0.717) is 17.9 Å². The number of hydrogen-bond donors (Lipinski definition) is 2. The third-order valence-corrected chi connectivity index (χ3v) is 3.35. The molecule has 90 valence electrons. The van der Waals surface area contributed by atoms with E-state index in [1.54, 1.807) is 0 Å². The second kappa shape index (κ2) is 4.57. The molecular weight excluding hydrogens is 220 g/mol. The van der Waals surface area contributed by atoms with E-state index < -0.39 is 11.9 Å². The summed E-state index contributed by atoms with van der Waals surface area (Å²) in [7, 11) is 0. The van der Waals surface area contributed by atoms with E-state index in [4.69, 9.17) is 10.2 Å². The van der Waals surface area contributed by atoms with Crippen LogP contribution in [0.25, 0.3) is 0 Å². The van der Waals surface area contributed by atoms with Crippen LogP contribution >= 0.6 is 0 Å². The number of rotatable bonds is 4. The summed E-state index contributed by atoms with van der Waals surface area (Å²) in [4.78, 5) is 22.2. The maximum Gasteiger partial charge on any atom is 0.335 e. The zero-order valence-corrected chi connectivity index (χ0v) is 9.35. The fourth-order valence-corrected chi connectivity index (χ4v) is 2.19. The molecule has 1 saturated carbocycles. The average molecular weight is 234 g/mol. The van der Waals surface area contributed by atoms with Crippen LogP contribution in [-0.2, 0) is 6.42 Å². The van der Waals surface area contributed by atoms with Crippen molar-refractivity contribution < 1.29 is 19.8 Å². The van der Waals surface area contributed by atoms with Crippen molar-refractivity contribution in [2.45, 2.75) is 25.7 Å². The van der Waals surface area contributed by atoms with Gasteiger partial charge in [-0.1, -0.05) is 25.3 Å². The molecule has 1 aliphatic rings. The minimum Gasteiger partial charge on any atom is -0.478 e. The summed E-state index contributed by atoms with van der Waals surface area (Å²) in [5.74, 6) is -1.67. The molecule has 0 spiro atoms. The van der Waals surface area contributed by atoms with Crippen molar-refractivity contribution in [3.8, 4) is 0 Å². The van der Waals surface area contributed by atoms with Gasteiger partial charge in [0, 0.05) is 0 Å². The minimum atomic E-state index is -1.05. The molecular formula is C13H14O4. The first-order valence-corrected chi connectivity index (χ1v) is 5.68. The molecule has 1 aromatic carbocycles. The third-order valence-electron chi connectivity index (χ3n) is 3.35. The predicted octanol–water partition coefficient (Wildman–Crippen LogP) is 2.43. The van der Waals surface area contributed by atoms with Crippen molar-refractivity contribution in [3.63, 3.8) is 0 Å². The van der Waals surface area contributed by atoms with Gasteiger partial charge in [-0.25, -0.2) is 9.59 Å². The van der Waals surface area contributed by atoms with Crippen LogP contribution in [0.3, 0.4) is 0 Å². The quantitative estimate of drug-likeness (QED) is 0.839. The summed E-state index contributed by atoms with van der Waals surface area (Å²) in [6.45, 7) is 0. The molecule has 2 N–H and O–H groups in total. The number of carboxylic acid groups (broad SMARTS) is 2. The Morgan fingerprint density at radius 2 is 1.65 bits per heavy atom. The molecule has 4 heteroatoms. The number of carboxylic acids is 2. The Hall–Kier alpha value is -1.84. The fourth-order valence-electron chi connectivity index (χ4n) is 2.19. The predicted molar refractivity (Wildman–Crippen MR) is 61.4 cm³/mol. The SMILES string of the molecule is O=C(O)c1cccc(C(=O)O)c1CC1CCC1. The van der Waals surface area contributed by atoms with Crippen molar-refractivity contribution in [3.05, 3.63) is 34.9 Å². The molecule has 2 rings (SSSR count). The van der Waals surface area contributed by atoms with Crippen molar-refractivity contribution in [1.82, 2.24) is 0 Å². The average Bonchev–Trinajstić information content (AvgIpc) is 2.22. The van der Waals surface area contributed by atoms with E-state index >= 15 is 0 Å². The van der Waals surface area contributed by atoms with Crippen LogP contribution in [0.4, 0.5) is 0 Å². The molecule has 1 fully saturated rings. The van der Waals surface area contributed by atoms with E-state index in [0.717, 1.165) is 19.3 Å². The lowest BCUT2D eigenvalue weighted by Gasteiger charge is -2.26. The summed E-state index contributed by atoms with van der Waals surface area (Å²) in [5, 5.41) is 18.2. The number of benzene rings is 1. The van der Waals surface area contributed by atoms with Crippen LogP contribution in [0.15, 0.2) is 18.2 Å². The molecule has 0 radical (unpaired) electrons. The summed E-state index contributed by atoms with van der Waals surface area (Å²) >= 11 is 0. The first-order valence-electron chi connectivity index (χ1n) is 5.68. The molecule has 0 saturated heterocycles. The summed E-state index contributed by atoms with van der Waals surface area (Å²) < 4.78 is 0. The highest BCUT2D eigenvalue weighted by atomic mass is 16.4. The highest BCUT2D eigenvalue weighted by Gasteiger charge is 2.24. The van der Waals surface area contributed by atoms with Crippen LogP contribution in [-0.4, -0.2) is 22.2 Å².